The third kappa shape index (κ3) is 10.1. The summed E-state index contributed by atoms with van der Waals surface area (Å²) >= 11 is 0. The zero-order valence-electron chi connectivity index (χ0n) is 33.3. The molecule has 5 amide bonds. The highest BCUT2D eigenvalue weighted by Gasteiger charge is 2.25. The molecule has 62 heavy (non-hydrogen) atoms. The predicted octanol–water partition coefficient (Wildman–Crippen LogP) is 5.15. The number of ether oxygens (including phenoxy) is 3. The summed E-state index contributed by atoms with van der Waals surface area (Å²) in [6.07, 6.45) is 1.59. The summed E-state index contributed by atoms with van der Waals surface area (Å²) in [5, 5.41) is 63.3. The van der Waals surface area contributed by atoms with Gasteiger partial charge in [0.1, 0.15) is 11.3 Å². The van der Waals surface area contributed by atoms with E-state index in [4.69, 9.17) is 14.2 Å². The number of phenols is 4. The normalized spacial score (nSPS) is 10.8. The Bertz CT molecular complexity index is 2610. The van der Waals surface area contributed by atoms with Crippen molar-refractivity contribution in [2.24, 2.45) is 0 Å². The largest absolute Gasteiger partial charge is 0.508 e. The first kappa shape index (κ1) is 44.4. The summed E-state index contributed by atoms with van der Waals surface area (Å²) in [4.78, 5) is 76.1. The molecular formula is C43H39N5O14. The Labute approximate surface area is 352 Å². The number of carbonyl (C=O) groups excluding carboxylic acids is 5. The zero-order chi connectivity index (χ0) is 45.2. The lowest BCUT2D eigenvalue weighted by molar-refractivity contribution is -0.115. The van der Waals surface area contributed by atoms with E-state index in [1.807, 2.05) is 0 Å². The van der Waals surface area contributed by atoms with Gasteiger partial charge in [-0.15, -0.1) is 0 Å². The Balaban J connectivity index is 1.17. The minimum absolute atomic E-state index is 0.0158. The van der Waals surface area contributed by atoms with E-state index >= 15 is 0 Å². The van der Waals surface area contributed by atoms with E-state index in [9.17, 15) is 54.3 Å². The first-order valence-corrected chi connectivity index (χ1v) is 18.1. The van der Waals surface area contributed by atoms with Crippen LogP contribution in [0.2, 0.25) is 0 Å². The standard InChI is InChI=1S/C43H39N5O14/c1-21(19-22-5-11-25(49)12-6-22)39(54)46-29-16-13-26(33(51)36(29)60-2)41(56)44-20-32(50)45-24-9-7-23(8-10-24)40(55)47-30-17-14-27(34(52)37(30)61-3)42(57)48-31-18-15-28(43(58)59)35(53)38(31)62-4/h5-19,49,51-53H,20H2,1-4H3,(H,44,56)(H,45,50)(H,46,54)(H,47,55)(H,48,57)(H,58,59)/b21-19+. The molecule has 5 aromatic rings. The number of anilines is 4. The number of methoxy groups -OCH3 is 3. The van der Waals surface area contributed by atoms with Crippen LogP contribution in [-0.4, -0.2) is 88.9 Å². The molecule has 0 heterocycles. The molecule has 0 aromatic heterocycles. The lowest BCUT2D eigenvalue weighted by Gasteiger charge is -2.16. The van der Waals surface area contributed by atoms with Gasteiger partial charge in [0, 0.05) is 16.8 Å². The van der Waals surface area contributed by atoms with Crippen molar-refractivity contribution >= 4 is 64.3 Å². The molecule has 0 spiro atoms. The van der Waals surface area contributed by atoms with Gasteiger partial charge in [0.25, 0.3) is 23.6 Å². The molecule has 5 rings (SSSR count). The van der Waals surface area contributed by atoms with Gasteiger partial charge in [-0.25, -0.2) is 4.79 Å². The monoisotopic (exact) mass is 849 g/mol. The molecule has 0 bridgehead atoms. The van der Waals surface area contributed by atoms with Gasteiger partial charge < -0.3 is 66.3 Å². The molecular weight excluding hydrogens is 810 g/mol. The molecule has 10 N–H and O–H groups in total. The van der Waals surface area contributed by atoms with Crippen LogP contribution in [0.1, 0.15) is 53.9 Å². The molecule has 0 saturated carbocycles. The third-order valence-corrected chi connectivity index (χ3v) is 8.95. The van der Waals surface area contributed by atoms with Crippen molar-refractivity contribution in [3.8, 4) is 40.2 Å². The summed E-state index contributed by atoms with van der Waals surface area (Å²) in [6, 6.07) is 19.1. The maximum Gasteiger partial charge on any atom is 0.339 e. The van der Waals surface area contributed by atoms with Crippen LogP contribution in [0.4, 0.5) is 22.7 Å². The van der Waals surface area contributed by atoms with Crippen molar-refractivity contribution in [3.05, 3.63) is 118 Å². The van der Waals surface area contributed by atoms with E-state index in [2.05, 4.69) is 26.6 Å². The van der Waals surface area contributed by atoms with Gasteiger partial charge >= 0.3 is 5.97 Å². The van der Waals surface area contributed by atoms with Gasteiger partial charge in [0.15, 0.2) is 34.5 Å². The molecule has 320 valence electrons. The molecule has 0 aliphatic heterocycles. The topological polar surface area (TPSA) is 291 Å². The molecule has 19 heteroatoms. The highest BCUT2D eigenvalue weighted by molar-refractivity contribution is 6.11. The predicted molar refractivity (Wildman–Crippen MR) is 225 cm³/mol. The Hall–Kier alpha value is -8.74. The van der Waals surface area contributed by atoms with Crippen LogP contribution in [0.25, 0.3) is 6.08 Å². The van der Waals surface area contributed by atoms with Crippen molar-refractivity contribution < 1.29 is 68.5 Å². The van der Waals surface area contributed by atoms with Crippen molar-refractivity contribution in [1.82, 2.24) is 5.32 Å². The fraction of sp³-hybridized carbons (Fsp3) is 0.116. The number of aromatic carboxylic acids is 1. The van der Waals surface area contributed by atoms with E-state index in [1.54, 1.807) is 25.1 Å². The summed E-state index contributed by atoms with van der Waals surface area (Å²) in [5.74, 6) is -7.67. The van der Waals surface area contributed by atoms with Crippen molar-refractivity contribution in [2.45, 2.75) is 6.92 Å². The van der Waals surface area contributed by atoms with E-state index in [0.717, 1.165) is 13.2 Å². The Morgan fingerprint density at radius 1 is 0.548 bits per heavy atom. The second-order valence-corrected chi connectivity index (χ2v) is 13.0. The van der Waals surface area contributed by atoms with Crippen LogP contribution in [0.15, 0.2) is 90.5 Å². The van der Waals surface area contributed by atoms with Crippen molar-refractivity contribution in [1.29, 1.82) is 0 Å². The van der Waals surface area contributed by atoms with Gasteiger partial charge in [0.05, 0.1) is 56.1 Å². The molecule has 0 unspecified atom stereocenters. The number of nitrogens with one attached hydrogen (secondary N) is 5. The molecule has 0 fully saturated rings. The van der Waals surface area contributed by atoms with E-state index in [0.29, 0.717) is 11.1 Å². The number of benzene rings is 5. The van der Waals surface area contributed by atoms with Gasteiger partial charge in [-0.1, -0.05) is 12.1 Å². The Morgan fingerprint density at radius 2 is 1.02 bits per heavy atom. The third-order valence-electron chi connectivity index (χ3n) is 8.95. The molecule has 0 radical (unpaired) electrons. The van der Waals surface area contributed by atoms with Crippen LogP contribution >= 0.6 is 0 Å². The van der Waals surface area contributed by atoms with E-state index < -0.39 is 64.9 Å². The molecule has 0 aliphatic rings. The number of phenolic OH excluding ortho intramolecular Hbond substituents is 3. The van der Waals surface area contributed by atoms with E-state index in [-0.39, 0.29) is 62.4 Å². The van der Waals surface area contributed by atoms with Gasteiger partial charge in [-0.3, -0.25) is 24.0 Å². The molecule has 5 aromatic carbocycles. The number of carbonyl (C=O) groups is 6. The first-order chi connectivity index (χ1) is 29.6. The summed E-state index contributed by atoms with van der Waals surface area (Å²) in [5.41, 5.74) is 0.287. The number of amides is 5. The number of rotatable bonds is 15. The number of hydrogen-bond donors (Lipinski definition) is 10. The number of hydrogen-bond acceptors (Lipinski definition) is 13. The highest BCUT2D eigenvalue weighted by atomic mass is 16.5. The van der Waals surface area contributed by atoms with Gasteiger partial charge in [-0.05, 0) is 91.4 Å². The van der Waals surface area contributed by atoms with E-state index in [1.165, 1.54) is 80.9 Å². The zero-order valence-corrected chi connectivity index (χ0v) is 33.3. The van der Waals surface area contributed by atoms with Gasteiger partial charge in [0.2, 0.25) is 5.91 Å². The fourth-order valence-electron chi connectivity index (χ4n) is 5.82. The van der Waals surface area contributed by atoms with Crippen LogP contribution < -0.4 is 40.8 Å². The van der Waals surface area contributed by atoms with Crippen molar-refractivity contribution in [3.63, 3.8) is 0 Å². The van der Waals surface area contributed by atoms with Crippen LogP contribution in [0.3, 0.4) is 0 Å². The Morgan fingerprint density at radius 3 is 1.53 bits per heavy atom. The molecule has 0 aliphatic carbocycles. The summed E-state index contributed by atoms with van der Waals surface area (Å²) < 4.78 is 15.6. The lowest BCUT2D eigenvalue weighted by atomic mass is 10.1. The molecule has 0 saturated heterocycles. The smallest absolute Gasteiger partial charge is 0.339 e. The number of carboxylic acid groups (broad SMARTS) is 1. The highest BCUT2D eigenvalue weighted by Crippen LogP contribution is 2.41. The van der Waals surface area contributed by atoms with Crippen LogP contribution in [0.5, 0.6) is 40.2 Å². The maximum atomic E-state index is 13.1. The second-order valence-electron chi connectivity index (χ2n) is 13.0. The second kappa shape index (κ2) is 19.3. The number of carboxylic acids is 1. The quantitative estimate of drug-likeness (QED) is 0.0610. The summed E-state index contributed by atoms with van der Waals surface area (Å²) in [6.45, 7) is 1.04. The Kier molecular flexibility index (Phi) is 13.8. The van der Waals surface area contributed by atoms with Crippen LogP contribution in [-0.2, 0) is 9.59 Å². The van der Waals surface area contributed by atoms with Crippen molar-refractivity contribution in [2.75, 3.05) is 49.1 Å². The van der Waals surface area contributed by atoms with Gasteiger partial charge in [-0.2, -0.15) is 0 Å². The lowest BCUT2D eigenvalue weighted by Crippen LogP contribution is -2.33. The minimum Gasteiger partial charge on any atom is -0.508 e. The van der Waals surface area contributed by atoms with Crippen LogP contribution in [0, 0.1) is 0 Å². The molecule has 19 nitrogen and oxygen atoms in total. The maximum absolute atomic E-state index is 13.1. The SMILES string of the molecule is COc1c(NC(=O)c2ccc(NC(=O)c3ccc(NC(=O)CNC(=O)c4ccc(NC(=O)/C(C)=C/c5ccc(O)cc5)c(OC)c4O)cc3)c(OC)c2O)ccc(C(=O)O)c1O. The fourth-order valence-corrected chi connectivity index (χ4v) is 5.82. The minimum atomic E-state index is -1.43. The average molecular weight is 850 g/mol. The summed E-state index contributed by atoms with van der Waals surface area (Å²) in [7, 11) is 3.58. The first-order valence-electron chi connectivity index (χ1n) is 18.1. The average Bonchev–Trinajstić information content (AvgIpc) is 3.24. The number of aromatic hydroxyl groups is 4. The molecule has 0 atom stereocenters.